The van der Waals surface area contributed by atoms with E-state index in [1.54, 1.807) is 56.5 Å². The Morgan fingerprint density at radius 1 is 1.17 bits per heavy atom. The Bertz CT molecular complexity index is 1190. The second-order valence-corrected chi connectivity index (χ2v) is 8.43. The maximum atomic E-state index is 12.9. The number of hydrogen-bond donors (Lipinski definition) is 1. The SMILES string of the molecule is COc1ccc(OC)c(-c2cc(C(=O)NCC3CCN(C(=O)/C=C/c4ccco4)CC3)n(C)n2)c1. The van der Waals surface area contributed by atoms with E-state index < -0.39 is 0 Å². The summed E-state index contributed by atoms with van der Waals surface area (Å²) in [6, 6.07) is 10.8. The minimum Gasteiger partial charge on any atom is -0.497 e. The first-order chi connectivity index (χ1) is 17.0. The van der Waals surface area contributed by atoms with Gasteiger partial charge >= 0.3 is 0 Å². The molecule has 1 aliphatic heterocycles. The highest BCUT2D eigenvalue weighted by molar-refractivity contribution is 5.94. The Balaban J connectivity index is 1.31. The number of hydrogen-bond acceptors (Lipinski definition) is 6. The summed E-state index contributed by atoms with van der Waals surface area (Å²) in [4.78, 5) is 27.1. The number of carbonyl (C=O) groups excluding carboxylic acids is 2. The number of likely N-dealkylation sites (tertiary alicyclic amines) is 1. The van der Waals surface area contributed by atoms with Crippen LogP contribution in [0.15, 0.2) is 53.2 Å². The molecule has 0 aliphatic carbocycles. The summed E-state index contributed by atoms with van der Waals surface area (Å²) in [6.07, 6.45) is 6.46. The predicted molar refractivity (Wildman–Crippen MR) is 131 cm³/mol. The van der Waals surface area contributed by atoms with Crippen LogP contribution in [0.25, 0.3) is 17.3 Å². The van der Waals surface area contributed by atoms with Crippen molar-refractivity contribution in [2.24, 2.45) is 13.0 Å². The molecule has 0 saturated carbocycles. The van der Waals surface area contributed by atoms with Crippen LogP contribution in [0.4, 0.5) is 0 Å². The van der Waals surface area contributed by atoms with E-state index in [0.29, 0.717) is 54.2 Å². The first-order valence-corrected chi connectivity index (χ1v) is 11.5. The topological polar surface area (TPSA) is 98.8 Å². The Hall–Kier alpha value is -4.01. The molecule has 184 valence electrons. The van der Waals surface area contributed by atoms with Crippen molar-refractivity contribution in [2.75, 3.05) is 33.9 Å². The van der Waals surface area contributed by atoms with E-state index in [9.17, 15) is 9.59 Å². The monoisotopic (exact) mass is 478 g/mol. The van der Waals surface area contributed by atoms with Crippen LogP contribution in [0.1, 0.15) is 29.1 Å². The molecule has 0 unspecified atom stereocenters. The second-order valence-electron chi connectivity index (χ2n) is 8.43. The number of methoxy groups -OCH3 is 2. The van der Waals surface area contributed by atoms with Gasteiger partial charge in [-0.05, 0) is 61.2 Å². The molecule has 4 rings (SSSR count). The van der Waals surface area contributed by atoms with E-state index in [4.69, 9.17) is 13.9 Å². The molecule has 1 aliphatic rings. The van der Waals surface area contributed by atoms with E-state index >= 15 is 0 Å². The highest BCUT2D eigenvalue weighted by Crippen LogP contribution is 2.33. The normalized spacial score (nSPS) is 14.3. The molecule has 0 spiro atoms. The van der Waals surface area contributed by atoms with Crippen molar-refractivity contribution in [3.05, 3.63) is 60.2 Å². The van der Waals surface area contributed by atoms with Gasteiger partial charge in [0.25, 0.3) is 5.91 Å². The van der Waals surface area contributed by atoms with E-state index in [1.807, 2.05) is 23.1 Å². The third kappa shape index (κ3) is 5.74. The molecular weight excluding hydrogens is 448 g/mol. The number of nitrogens with one attached hydrogen (secondary N) is 1. The van der Waals surface area contributed by atoms with Crippen LogP contribution in [0, 0.1) is 5.92 Å². The van der Waals surface area contributed by atoms with E-state index in [2.05, 4.69) is 10.4 Å². The minimum atomic E-state index is -0.187. The lowest BCUT2D eigenvalue weighted by Gasteiger charge is -2.31. The van der Waals surface area contributed by atoms with Gasteiger partial charge < -0.3 is 24.1 Å². The van der Waals surface area contributed by atoms with Gasteiger partial charge in [0, 0.05) is 38.3 Å². The van der Waals surface area contributed by atoms with Gasteiger partial charge in [-0.15, -0.1) is 0 Å². The quantitative estimate of drug-likeness (QED) is 0.499. The van der Waals surface area contributed by atoms with Gasteiger partial charge in [-0.25, -0.2) is 0 Å². The summed E-state index contributed by atoms with van der Waals surface area (Å²) in [5.41, 5.74) is 1.84. The molecule has 1 aromatic carbocycles. The summed E-state index contributed by atoms with van der Waals surface area (Å²) in [5.74, 6) is 2.07. The molecule has 3 aromatic rings. The molecule has 9 heteroatoms. The van der Waals surface area contributed by atoms with Gasteiger partial charge in [-0.3, -0.25) is 14.3 Å². The zero-order chi connectivity index (χ0) is 24.8. The van der Waals surface area contributed by atoms with Gasteiger partial charge in [0.1, 0.15) is 23.0 Å². The van der Waals surface area contributed by atoms with Gasteiger partial charge in [-0.2, -0.15) is 5.10 Å². The van der Waals surface area contributed by atoms with Crippen molar-refractivity contribution in [3.63, 3.8) is 0 Å². The number of furan rings is 1. The Labute approximate surface area is 204 Å². The van der Waals surface area contributed by atoms with Gasteiger partial charge in [0.15, 0.2) is 0 Å². The fraction of sp³-hybridized carbons (Fsp3) is 0.346. The van der Waals surface area contributed by atoms with E-state index in [-0.39, 0.29) is 11.8 Å². The first-order valence-electron chi connectivity index (χ1n) is 11.5. The summed E-state index contributed by atoms with van der Waals surface area (Å²) < 4.78 is 17.6. The molecule has 9 nitrogen and oxygen atoms in total. The van der Waals surface area contributed by atoms with Crippen molar-refractivity contribution >= 4 is 17.9 Å². The molecule has 2 aromatic heterocycles. The average Bonchev–Trinajstić information content (AvgIpc) is 3.55. The fourth-order valence-corrected chi connectivity index (χ4v) is 4.16. The Morgan fingerprint density at radius 2 is 1.97 bits per heavy atom. The molecule has 0 radical (unpaired) electrons. The standard InChI is InChI=1S/C26H30N4O5/c1-29-23(16-22(28-29)21-15-20(33-2)6-8-24(21)34-3)26(32)27-17-18-10-12-30(13-11-18)25(31)9-7-19-5-4-14-35-19/h4-9,14-16,18H,10-13,17H2,1-3H3,(H,27,32)/b9-7+. The largest absolute Gasteiger partial charge is 0.497 e. The summed E-state index contributed by atoms with van der Waals surface area (Å²) in [7, 11) is 4.93. The highest BCUT2D eigenvalue weighted by atomic mass is 16.5. The molecule has 1 saturated heterocycles. The molecule has 1 fully saturated rings. The smallest absolute Gasteiger partial charge is 0.269 e. The molecule has 0 bridgehead atoms. The highest BCUT2D eigenvalue weighted by Gasteiger charge is 2.23. The number of aromatic nitrogens is 2. The number of aryl methyl sites for hydroxylation is 1. The maximum absolute atomic E-state index is 12.9. The first kappa shape index (κ1) is 24.1. The van der Waals surface area contributed by atoms with Crippen molar-refractivity contribution < 1.29 is 23.5 Å². The van der Waals surface area contributed by atoms with Gasteiger partial charge in [0.05, 0.1) is 26.2 Å². The minimum absolute atomic E-state index is 0.0285. The Morgan fingerprint density at radius 3 is 2.66 bits per heavy atom. The van der Waals surface area contributed by atoms with Crippen LogP contribution < -0.4 is 14.8 Å². The van der Waals surface area contributed by atoms with Crippen molar-refractivity contribution in [1.29, 1.82) is 0 Å². The van der Waals surface area contributed by atoms with Crippen LogP contribution in [-0.2, 0) is 11.8 Å². The number of amides is 2. The summed E-state index contributed by atoms with van der Waals surface area (Å²) in [6.45, 7) is 1.87. The van der Waals surface area contributed by atoms with Crippen LogP contribution in [-0.4, -0.2) is 60.3 Å². The maximum Gasteiger partial charge on any atom is 0.269 e. The van der Waals surface area contributed by atoms with Gasteiger partial charge in [0.2, 0.25) is 5.91 Å². The number of rotatable bonds is 8. The lowest BCUT2D eigenvalue weighted by molar-refractivity contribution is -0.127. The molecule has 1 N–H and O–H groups in total. The van der Waals surface area contributed by atoms with E-state index in [0.717, 1.165) is 18.4 Å². The van der Waals surface area contributed by atoms with Crippen LogP contribution in [0.3, 0.4) is 0 Å². The van der Waals surface area contributed by atoms with Crippen LogP contribution in [0.2, 0.25) is 0 Å². The number of benzene rings is 1. The molecular formula is C26H30N4O5. The van der Waals surface area contributed by atoms with Crippen LogP contribution >= 0.6 is 0 Å². The van der Waals surface area contributed by atoms with Crippen molar-refractivity contribution in [3.8, 4) is 22.8 Å². The average molecular weight is 479 g/mol. The Kier molecular flexibility index (Phi) is 7.54. The lowest BCUT2D eigenvalue weighted by atomic mass is 9.96. The van der Waals surface area contributed by atoms with Crippen LogP contribution in [0.5, 0.6) is 11.5 Å². The van der Waals surface area contributed by atoms with E-state index in [1.165, 1.54) is 6.08 Å². The third-order valence-electron chi connectivity index (χ3n) is 6.21. The lowest BCUT2D eigenvalue weighted by Crippen LogP contribution is -2.41. The number of carbonyl (C=O) groups is 2. The molecule has 2 amide bonds. The third-order valence-corrected chi connectivity index (χ3v) is 6.21. The zero-order valence-electron chi connectivity index (χ0n) is 20.2. The summed E-state index contributed by atoms with van der Waals surface area (Å²) >= 11 is 0. The summed E-state index contributed by atoms with van der Waals surface area (Å²) in [5, 5.41) is 7.54. The number of ether oxygens (including phenoxy) is 2. The second kappa shape index (κ2) is 10.9. The van der Waals surface area contributed by atoms with Gasteiger partial charge in [-0.1, -0.05) is 0 Å². The molecule has 35 heavy (non-hydrogen) atoms. The van der Waals surface area contributed by atoms with Crippen molar-refractivity contribution in [1.82, 2.24) is 20.0 Å². The zero-order valence-corrected chi connectivity index (χ0v) is 20.2. The van der Waals surface area contributed by atoms with Crippen molar-refractivity contribution in [2.45, 2.75) is 12.8 Å². The fourth-order valence-electron chi connectivity index (χ4n) is 4.16. The number of nitrogens with zero attached hydrogens (tertiary/aromatic N) is 3. The predicted octanol–water partition coefficient (Wildman–Crippen LogP) is 3.38. The molecule has 0 atom stereocenters. The molecule has 3 heterocycles. The number of piperidine rings is 1.